The second kappa shape index (κ2) is 9.32. The lowest BCUT2D eigenvalue weighted by Crippen LogP contribution is -2.46. The van der Waals surface area contributed by atoms with Gasteiger partial charge in [0.2, 0.25) is 0 Å². The molecule has 0 spiro atoms. The molecule has 13 heteroatoms. The Balaban J connectivity index is 1.59. The van der Waals surface area contributed by atoms with Gasteiger partial charge in [-0.3, -0.25) is 10.3 Å². The molecule has 1 aliphatic heterocycles. The summed E-state index contributed by atoms with van der Waals surface area (Å²) < 4.78 is 76.4. The number of nitrogens with zero attached hydrogens (tertiary/aromatic N) is 2. The SMILES string of the molecule is N=C(c1ccc(-c2ccc(N3CCCNC3=O)cc2F)c(F)c1Nc1ccc2onc(N)c2c1)C(F)(F)F. The van der Waals surface area contributed by atoms with Gasteiger partial charge in [-0.05, 0) is 48.9 Å². The van der Waals surface area contributed by atoms with Crippen molar-refractivity contribution in [3.63, 3.8) is 0 Å². The molecular formula is C25H19F5N6O2. The van der Waals surface area contributed by atoms with E-state index in [2.05, 4.69) is 15.8 Å². The molecule has 0 atom stereocenters. The highest BCUT2D eigenvalue weighted by Crippen LogP contribution is 2.38. The van der Waals surface area contributed by atoms with E-state index in [9.17, 15) is 18.0 Å². The third-order valence-electron chi connectivity index (χ3n) is 6.10. The first kappa shape index (κ1) is 25.0. The van der Waals surface area contributed by atoms with E-state index in [-0.39, 0.29) is 28.3 Å². The van der Waals surface area contributed by atoms with Crippen molar-refractivity contribution in [3.05, 3.63) is 65.7 Å². The summed E-state index contributed by atoms with van der Waals surface area (Å²) in [6.07, 6.45) is -4.42. The Morgan fingerprint density at radius 3 is 2.58 bits per heavy atom. The molecule has 0 aliphatic carbocycles. The molecule has 0 bridgehead atoms. The van der Waals surface area contributed by atoms with Crippen LogP contribution >= 0.6 is 0 Å². The Bertz CT molecular complexity index is 1580. The van der Waals surface area contributed by atoms with Crippen LogP contribution in [0.2, 0.25) is 0 Å². The Morgan fingerprint density at radius 2 is 1.87 bits per heavy atom. The molecule has 1 saturated heterocycles. The summed E-state index contributed by atoms with van der Waals surface area (Å²) in [6, 6.07) is 9.43. The molecule has 4 aromatic rings. The number of rotatable bonds is 5. The van der Waals surface area contributed by atoms with E-state index >= 15 is 8.78 Å². The van der Waals surface area contributed by atoms with Gasteiger partial charge in [0, 0.05) is 41.2 Å². The Morgan fingerprint density at radius 1 is 1.11 bits per heavy atom. The maximum atomic E-state index is 15.9. The van der Waals surface area contributed by atoms with Crippen LogP contribution in [0.15, 0.2) is 53.1 Å². The predicted molar refractivity (Wildman–Crippen MR) is 132 cm³/mol. The van der Waals surface area contributed by atoms with Gasteiger partial charge >= 0.3 is 12.2 Å². The number of hydrogen-bond acceptors (Lipinski definition) is 6. The zero-order chi connectivity index (χ0) is 27.2. The van der Waals surface area contributed by atoms with E-state index in [0.29, 0.717) is 30.5 Å². The molecule has 8 nitrogen and oxygen atoms in total. The molecule has 2 heterocycles. The minimum absolute atomic E-state index is 0.0191. The summed E-state index contributed by atoms with van der Waals surface area (Å²) in [5.41, 5.74) is 2.58. The van der Waals surface area contributed by atoms with E-state index in [1.165, 1.54) is 35.2 Å². The number of nitrogen functional groups attached to an aromatic ring is 1. The highest BCUT2D eigenvalue weighted by molar-refractivity contribution is 6.08. The van der Waals surface area contributed by atoms with Crippen LogP contribution in [-0.2, 0) is 0 Å². The number of fused-ring (bicyclic) bond motifs is 1. The molecule has 0 unspecified atom stereocenters. The van der Waals surface area contributed by atoms with Gasteiger partial charge in [-0.1, -0.05) is 11.2 Å². The van der Waals surface area contributed by atoms with Gasteiger partial charge in [-0.25, -0.2) is 13.6 Å². The highest BCUT2D eigenvalue weighted by Gasteiger charge is 2.37. The number of nitrogens with two attached hydrogens (primary N) is 1. The van der Waals surface area contributed by atoms with Crippen LogP contribution < -0.4 is 21.3 Å². The molecule has 1 fully saturated rings. The molecule has 5 rings (SSSR count). The number of urea groups is 1. The molecule has 1 aromatic heterocycles. The van der Waals surface area contributed by atoms with E-state index in [0.717, 1.165) is 18.2 Å². The second-order valence-electron chi connectivity index (χ2n) is 8.53. The summed E-state index contributed by atoms with van der Waals surface area (Å²) in [5.74, 6) is -2.08. The number of halogens is 5. The van der Waals surface area contributed by atoms with Crippen LogP contribution in [0, 0.1) is 17.0 Å². The first-order valence-electron chi connectivity index (χ1n) is 11.3. The molecule has 0 saturated carbocycles. The molecular weight excluding hydrogens is 511 g/mol. The fourth-order valence-electron chi connectivity index (χ4n) is 4.21. The third-order valence-corrected chi connectivity index (χ3v) is 6.10. The number of carbonyl (C=O) groups is 1. The van der Waals surface area contributed by atoms with Crippen molar-refractivity contribution in [3.8, 4) is 11.1 Å². The second-order valence-corrected chi connectivity index (χ2v) is 8.53. The summed E-state index contributed by atoms with van der Waals surface area (Å²) in [6.45, 7) is 0.856. The minimum atomic E-state index is -5.07. The van der Waals surface area contributed by atoms with E-state index in [4.69, 9.17) is 15.7 Å². The smallest absolute Gasteiger partial charge is 0.380 e. The average Bonchev–Trinajstić information content (AvgIpc) is 3.25. The highest BCUT2D eigenvalue weighted by atomic mass is 19.4. The molecule has 5 N–H and O–H groups in total. The van der Waals surface area contributed by atoms with Crippen LogP contribution in [0.3, 0.4) is 0 Å². The fraction of sp³-hybridized carbons (Fsp3) is 0.160. The lowest BCUT2D eigenvalue weighted by Gasteiger charge is -2.27. The number of aromatic nitrogens is 1. The molecule has 38 heavy (non-hydrogen) atoms. The minimum Gasteiger partial charge on any atom is -0.380 e. The summed E-state index contributed by atoms with van der Waals surface area (Å²) in [5, 5.41) is 16.8. The lowest BCUT2D eigenvalue weighted by molar-refractivity contribution is -0.0587. The largest absolute Gasteiger partial charge is 0.433 e. The van der Waals surface area contributed by atoms with E-state index in [1.54, 1.807) is 0 Å². The zero-order valence-corrected chi connectivity index (χ0v) is 19.4. The quantitative estimate of drug-likeness (QED) is 0.188. The first-order chi connectivity index (χ1) is 18.0. The van der Waals surface area contributed by atoms with Gasteiger partial charge in [-0.2, -0.15) is 13.2 Å². The number of carbonyl (C=O) groups excluding carboxylic acids is 1. The number of hydrogen-bond donors (Lipinski definition) is 4. The van der Waals surface area contributed by atoms with Crippen LogP contribution in [0.25, 0.3) is 22.1 Å². The third kappa shape index (κ3) is 4.46. The van der Waals surface area contributed by atoms with Gasteiger partial charge in [0.15, 0.2) is 17.2 Å². The number of alkyl halides is 3. The number of nitrogens with one attached hydrogen (secondary N) is 3. The normalized spacial score (nSPS) is 14.0. The number of amides is 2. The molecule has 196 valence electrons. The van der Waals surface area contributed by atoms with Gasteiger partial charge in [-0.15, -0.1) is 0 Å². The van der Waals surface area contributed by atoms with Crippen molar-refractivity contribution in [2.45, 2.75) is 12.6 Å². The van der Waals surface area contributed by atoms with Crippen molar-refractivity contribution >= 4 is 45.6 Å². The number of anilines is 4. The predicted octanol–water partition coefficient (Wildman–Crippen LogP) is 5.95. The first-order valence-corrected chi connectivity index (χ1v) is 11.3. The Labute approximate surface area is 211 Å². The van der Waals surface area contributed by atoms with Crippen LogP contribution in [0.4, 0.5) is 49.6 Å². The van der Waals surface area contributed by atoms with Crippen molar-refractivity contribution < 1.29 is 31.3 Å². The van der Waals surface area contributed by atoms with Crippen LogP contribution in [-0.4, -0.2) is 36.2 Å². The van der Waals surface area contributed by atoms with Crippen molar-refractivity contribution in [1.82, 2.24) is 10.5 Å². The number of benzene rings is 3. The molecule has 1 aliphatic rings. The maximum Gasteiger partial charge on any atom is 0.433 e. The van der Waals surface area contributed by atoms with Crippen LogP contribution in [0.1, 0.15) is 12.0 Å². The van der Waals surface area contributed by atoms with Crippen molar-refractivity contribution in [1.29, 1.82) is 5.41 Å². The zero-order valence-electron chi connectivity index (χ0n) is 19.4. The fourth-order valence-corrected chi connectivity index (χ4v) is 4.21. The van der Waals surface area contributed by atoms with E-state index in [1.807, 2.05) is 0 Å². The average molecular weight is 530 g/mol. The van der Waals surface area contributed by atoms with Crippen molar-refractivity contribution in [2.75, 3.05) is 29.0 Å². The van der Waals surface area contributed by atoms with Crippen LogP contribution in [0.5, 0.6) is 0 Å². The molecule has 0 radical (unpaired) electrons. The topological polar surface area (TPSA) is 120 Å². The van der Waals surface area contributed by atoms with Gasteiger partial charge in [0.05, 0.1) is 11.1 Å². The standard InChI is InChI=1S/C25H19F5N6O2/c26-18-11-13(36-9-1-8-33-24(36)37)3-4-14(18)15-5-6-16(22(31)25(28,29)30)21(20(15)27)34-12-2-7-19-17(10-12)23(32)35-38-19/h2-7,10-11,31,34H,1,8-9H2,(H2,32,35)(H,33,37). The van der Waals surface area contributed by atoms with Gasteiger partial charge in [0.25, 0.3) is 0 Å². The summed E-state index contributed by atoms with van der Waals surface area (Å²) >= 11 is 0. The summed E-state index contributed by atoms with van der Waals surface area (Å²) in [4.78, 5) is 13.4. The maximum absolute atomic E-state index is 15.9. The Kier molecular flexibility index (Phi) is 6.13. The van der Waals surface area contributed by atoms with E-state index < -0.39 is 40.8 Å². The molecule has 2 amide bonds. The Hall–Kier alpha value is -4.68. The van der Waals surface area contributed by atoms with Gasteiger partial charge < -0.3 is 20.9 Å². The lowest BCUT2D eigenvalue weighted by atomic mass is 9.97. The summed E-state index contributed by atoms with van der Waals surface area (Å²) in [7, 11) is 0. The van der Waals surface area contributed by atoms with Crippen molar-refractivity contribution in [2.24, 2.45) is 0 Å². The molecule has 3 aromatic carbocycles. The van der Waals surface area contributed by atoms with Gasteiger partial charge in [0.1, 0.15) is 11.5 Å². The monoisotopic (exact) mass is 530 g/mol.